The second-order valence-electron chi connectivity index (χ2n) is 3.25. The van der Waals surface area contributed by atoms with Crippen LogP contribution in [0.3, 0.4) is 0 Å². The van der Waals surface area contributed by atoms with E-state index >= 15 is 0 Å². The number of aromatic nitrogens is 1. The van der Waals surface area contributed by atoms with E-state index in [1.807, 2.05) is 6.92 Å². The first kappa shape index (κ1) is 10.5. The Bertz CT molecular complexity index is 406. The highest BCUT2D eigenvalue weighted by Crippen LogP contribution is 2.00. The zero-order valence-electron chi connectivity index (χ0n) is 8.28. The van der Waals surface area contributed by atoms with Crippen molar-refractivity contribution in [2.75, 3.05) is 0 Å². The highest BCUT2D eigenvalue weighted by molar-refractivity contribution is 5.87. The Balaban J connectivity index is 3.32. The van der Waals surface area contributed by atoms with Crippen molar-refractivity contribution in [2.45, 2.75) is 19.8 Å². The van der Waals surface area contributed by atoms with Crippen LogP contribution in [0.1, 0.15) is 29.3 Å². The van der Waals surface area contributed by atoms with Gasteiger partial charge in [0.2, 0.25) is 0 Å². The van der Waals surface area contributed by atoms with Crippen molar-refractivity contribution in [1.29, 1.82) is 0 Å². The number of pyridine rings is 1. The van der Waals surface area contributed by atoms with Gasteiger partial charge < -0.3 is 9.67 Å². The van der Waals surface area contributed by atoms with Crippen LogP contribution in [0.2, 0.25) is 0 Å². The van der Waals surface area contributed by atoms with Crippen LogP contribution in [0.25, 0.3) is 0 Å². The van der Waals surface area contributed by atoms with Crippen molar-refractivity contribution < 1.29 is 9.90 Å². The van der Waals surface area contributed by atoms with Gasteiger partial charge in [-0.2, -0.15) is 0 Å². The Labute approximate surface area is 81.8 Å². The molecule has 0 aliphatic heterocycles. The summed E-state index contributed by atoms with van der Waals surface area (Å²) in [6, 6.07) is 0. The molecular weight excluding hydrogens is 182 g/mol. The van der Waals surface area contributed by atoms with Crippen LogP contribution >= 0.6 is 0 Å². The molecule has 0 aromatic carbocycles. The number of nitrogens with zero attached hydrogens (tertiary/aromatic N) is 1. The molecule has 1 N–H and O–H groups in total. The summed E-state index contributed by atoms with van der Waals surface area (Å²) in [6.07, 6.45) is 4.47. The van der Waals surface area contributed by atoms with Crippen LogP contribution in [0.4, 0.5) is 0 Å². The molecule has 0 bridgehead atoms. The quantitative estimate of drug-likeness (QED) is 0.783. The normalized spacial score (nSPS) is 10.1. The third-order valence-electron chi connectivity index (χ3n) is 1.98. The van der Waals surface area contributed by atoms with Gasteiger partial charge in [-0.3, -0.25) is 4.79 Å². The van der Waals surface area contributed by atoms with E-state index in [1.165, 1.54) is 6.20 Å². The van der Waals surface area contributed by atoms with E-state index in [0.29, 0.717) is 12.0 Å². The molecule has 1 aromatic heterocycles. The van der Waals surface area contributed by atoms with Gasteiger partial charge in [-0.1, -0.05) is 13.3 Å². The predicted molar refractivity (Wildman–Crippen MR) is 52.6 cm³/mol. The van der Waals surface area contributed by atoms with Crippen molar-refractivity contribution in [2.24, 2.45) is 7.05 Å². The maximum Gasteiger partial charge on any atom is 0.341 e. The van der Waals surface area contributed by atoms with Crippen LogP contribution in [0.5, 0.6) is 0 Å². The molecule has 4 nitrogen and oxygen atoms in total. The number of aromatic carboxylic acids is 1. The van der Waals surface area contributed by atoms with E-state index in [4.69, 9.17) is 5.11 Å². The van der Waals surface area contributed by atoms with Gasteiger partial charge in [0.25, 0.3) is 0 Å². The van der Waals surface area contributed by atoms with E-state index in [0.717, 1.165) is 6.42 Å². The average Bonchev–Trinajstić information content (AvgIpc) is 2.10. The van der Waals surface area contributed by atoms with E-state index in [1.54, 1.807) is 17.8 Å². The lowest BCUT2D eigenvalue weighted by atomic mass is 10.1. The molecule has 1 heterocycles. The molecule has 0 saturated heterocycles. The van der Waals surface area contributed by atoms with Crippen LogP contribution in [-0.2, 0) is 13.5 Å². The third kappa shape index (κ3) is 2.02. The fourth-order valence-electron chi connectivity index (χ4n) is 1.38. The van der Waals surface area contributed by atoms with Crippen molar-refractivity contribution in [3.63, 3.8) is 0 Å². The maximum atomic E-state index is 11.6. The van der Waals surface area contributed by atoms with Crippen LogP contribution in [0, 0.1) is 0 Å². The van der Waals surface area contributed by atoms with Gasteiger partial charge in [-0.25, -0.2) is 4.79 Å². The SMILES string of the molecule is CCCc1cn(C)cc(C(=O)O)c1=O. The number of rotatable bonds is 3. The summed E-state index contributed by atoms with van der Waals surface area (Å²) in [5.41, 5.74) is 0.0470. The molecule has 0 saturated carbocycles. The second kappa shape index (κ2) is 4.09. The molecule has 0 atom stereocenters. The molecule has 0 spiro atoms. The highest BCUT2D eigenvalue weighted by atomic mass is 16.4. The largest absolute Gasteiger partial charge is 0.477 e. The third-order valence-corrected chi connectivity index (χ3v) is 1.98. The molecule has 0 unspecified atom stereocenters. The highest BCUT2D eigenvalue weighted by Gasteiger charge is 2.11. The van der Waals surface area contributed by atoms with Gasteiger partial charge in [-0.15, -0.1) is 0 Å². The molecule has 0 radical (unpaired) electrons. The number of carboxylic acids is 1. The predicted octanol–water partition coefficient (Wildman–Crippen LogP) is 1.04. The number of hydrogen-bond donors (Lipinski definition) is 1. The fourth-order valence-corrected chi connectivity index (χ4v) is 1.38. The smallest absolute Gasteiger partial charge is 0.341 e. The van der Waals surface area contributed by atoms with Gasteiger partial charge in [0.1, 0.15) is 5.56 Å². The van der Waals surface area contributed by atoms with Crippen molar-refractivity contribution in [3.05, 3.63) is 33.7 Å². The standard InChI is InChI=1S/C10H13NO3/c1-3-4-7-5-11(2)6-8(9(7)12)10(13)14/h5-6H,3-4H2,1-2H3,(H,13,14). The lowest BCUT2D eigenvalue weighted by molar-refractivity contribution is 0.0694. The van der Waals surface area contributed by atoms with E-state index < -0.39 is 5.97 Å². The summed E-state index contributed by atoms with van der Waals surface area (Å²) in [6.45, 7) is 1.95. The monoisotopic (exact) mass is 195 g/mol. The first-order valence-corrected chi connectivity index (χ1v) is 4.48. The number of aryl methyl sites for hydroxylation is 2. The van der Waals surface area contributed by atoms with Gasteiger partial charge in [0.05, 0.1) is 0 Å². The first-order valence-electron chi connectivity index (χ1n) is 4.48. The summed E-state index contributed by atoms with van der Waals surface area (Å²) >= 11 is 0. The van der Waals surface area contributed by atoms with E-state index in [2.05, 4.69) is 0 Å². The molecule has 0 aliphatic carbocycles. The first-order chi connectivity index (χ1) is 6.56. The van der Waals surface area contributed by atoms with E-state index in [-0.39, 0.29) is 11.0 Å². The van der Waals surface area contributed by atoms with Gasteiger partial charge >= 0.3 is 5.97 Å². The summed E-state index contributed by atoms with van der Waals surface area (Å²) in [5, 5.41) is 8.77. The van der Waals surface area contributed by atoms with E-state index in [9.17, 15) is 9.59 Å². The molecular formula is C10H13NO3. The van der Waals surface area contributed by atoms with Gasteiger partial charge in [-0.05, 0) is 6.42 Å². The molecule has 1 rings (SSSR count). The zero-order valence-corrected chi connectivity index (χ0v) is 8.28. The summed E-state index contributed by atoms with van der Waals surface area (Å²) in [5.74, 6) is -1.16. The minimum atomic E-state index is -1.16. The topological polar surface area (TPSA) is 59.3 Å². The van der Waals surface area contributed by atoms with Crippen molar-refractivity contribution in [3.8, 4) is 0 Å². The molecule has 14 heavy (non-hydrogen) atoms. The maximum absolute atomic E-state index is 11.6. The van der Waals surface area contributed by atoms with Crippen LogP contribution < -0.4 is 5.43 Å². The Morgan fingerprint density at radius 3 is 2.64 bits per heavy atom. The fraction of sp³-hybridized carbons (Fsp3) is 0.400. The Hall–Kier alpha value is -1.58. The lowest BCUT2D eigenvalue weighted by Gasteiger charge is -2.04. The average molecular weight is 195 g/mol. The number of carboxylic acid groups (broad SMARTS) is 1. The summed E-state index contributed by atoms with van der Waals surface area (Å²) < 4.78 is 1.61. The number of hydrogen-bond acceptors (Lipinski definition) is 2. The lowest BCUT2D eigenvalue weighted by Crippen LogP contribution is -2.20. The van der Waals surface area contributed by atoms with Crippen LogP contribution in [0.15, 0.2) is 17.2 Å². The molecule has 0 aliphatic rings. The summed E-state index contributed by atoms with van der Waals surface area (Å²) in [7, 11) is 1.71. The zero-order chi connectivity index (χ0) is 10.7. The Morgan fingerprint density at radius 2 is 2.14 bits per heavy atom. The molecule has 0 amide bonds. The van der Waals surface area contributed by atoms with Crippen molar-refractivity contribution >= 4 is 5.97 Å². The molecule has 1 aromatic rings. The second-order valence-corrected chi connectivity index (χ2v) is 3.25. The molecule has 0 fully saturated rings. The summed E-state index contributed by atoms with van der Waals surface area (Å²) in [4.78, 5) is 22.3. The van der Waals surface area contributed by atoms with Gasteiger partial charge in [0.15, 0.2) is 5.43 Å². The van der Waals surface area contributed by atoms with Gasteiger partial charge in [0, 0.05) is 25.0 Å². The Kier molecular flexibility index (Phi) is 3.06. The number of carbonyl (C=O) groups is 1. The minimum Gasteiger partial charge on any atom is -0.477 e. The minimum absolute atomic E-state index is 0.154. The van der Waals surface area contributed by atoms with Crippen molar-refractivity contribution in [1.82, 2.24) is 4.57 Å². The van der Waals surface area contributed by atoms with Crippen LogP contribution in [-0.4, -0.2) is 15.6 Å². The molecule has 4 heteroatoms. The molecule has 76 valence electrons. The Morgan fingerprint density at radius 1 is 1.50 bits per heavy atom.